The Morgan fingerprint density at radius 3 is 2.70 bits per heavy atom. The Bertz CT molecular complexity index is 945. The third-order valence-electron chi connectivity index (χ3n) is 4.83. The van der Waals surface area contributed by atoms with E-state index in [1.54, 1.807) is 31.0 Å². The predicted molar refractivity (Wildman–Crippen MR) is 96.0 cm³/mol. The fourth-order valence-electron chi connectivity index (χ4n) is 3.56. The molecule has 2 aromatic carbocycles. The number of hydrogen-bond donors (Lipinski definition) is 0. The number of benzene rings is 2. The van der Waals surface area contributed by atoms with Gasteiger partial charge in [0.1, 0.15) is 11.9 Å². The number of hydrogen-bond acceptors (Lipinski definition) is 6. The number of tetrazole rings is 1. The molecule has 4 rings (SSSR count). The van der Waals surface area contributed by atoms with Crippen molar-refractivity contribution in [1.82, 2.24) is 25.1 Å². The smallest absolute Gasteiger partial charge is 0.173 e. The number of methoxy groups -OCH3 is 2. The van der Waals surface area contributed by atoms with Gasteiger partial charge in [-0.05, 0) is 22.6 Å². The Labute approximate surface area is 156 Å². The Balaban J connectivity index is 1.80. The van der Waals surface area contributed by atoms with E-state index in [1.807, 2.05) is 24.3 Å². The fourth-order valence-corrected chi connectivity index (χ4v) is 3.56. The molecule has 0 bridgehead atoms. The van der Waals surface area contributed by atoms with Gasteiger partial charge in [0.15, 0.2) is 17.3 Å². The van der Waals surface area contributed by atoms with Crippen LogP contribution in [0.4, 0.5) is 4.39 Å². The summed E-state index contributed by atoms with van der Waals surface area (Å²) in [5.41, 5.74) is 1.51. The number of halogens is 1. The Hall–Kier alpha value is -3.00. The van der Waals surface area contributed by atoms with Gasteiger partial charge in [0.2, 0.25) is 0 Å². The van der Waals surface area contributed by atoms with Crippen molar-refractivity contribution in [3.63, 3.8) is 0 Å². The number of aromatic nitrogens is 4. The normalized spacial score (nSPS) is 16.8. The summed E-state index contributed by atoms with van der Waals surface area (Å²) >= 11 is 0. The van der Waals surface area contributed by atoms with E-state index in [2.05, 4.69) is 20.4 Å². The summed E-state index contributed by atoms with van der Waals surface area (Å²) in [5.74, 6) is 1.73. The van der Waals surface area contributed by atoms with Crippen LogP contribution in [-0.2, 0) is 13.1 Å². The number of fused-ring (bicyclic) bond motifs is 1. The molecule has 0 saturated heterocycles. The maximum absolute atomic E-state index is 14.3. The summed E-state index contributed by atoms with van der Waals surface area (Å²) in [6.07, 6.45) is 0. The largest absolute Gasteiger partial charge is 0.493 e. The molecule has 0 saturated carbocycles. The standard InChI is InChI=1S/C19H20FN5O2/c1-26-16-9-5-7-14(18(16)27-2)17-19-21-22-23-25(19)11-10-24(17)12-13-6-3-4-8-15(13)20/h3-9,17H,10-12H2,1-2H3. The molecule has 0 aliphatic carbocycles. The van der Waals surface area contributed by atoms with Crippen LogP contribution in [0, 0.1) is 5.82 Å². The van der Waals surface area contributed by atoms with Crippen LogP contribution in [0.15, 0.2) is 42.5 Å². The van der Waals surface area contributed by atoms with Gasteiger partial charge in [0, 0.05) is 24.2 Å². The molecular weight excluding hydrogens is 349 g/mol. The van der Waals surface area contributed by atoms with Crippen molar-refractivity contribution in [3.05, 3.63) is 65.2 Å². The molecule has 0 spiro atoms. The van der Waals surface area contributed by atoms with Crippen LogP contribution in [-0.4, -0.2) is 45.9 Å². The van der Waals surface area contributed by atoms with E-state index in [4.69, 9.17) is 9.47 Å². The molecule has 1 aliphatic heterocycles. The summed E-state index contributed by atoms with van der Waals surface area (Å²) in [6.45, 7) is 1.75. The van der Waals surface area contributed by atoms with E-state index >= 15 is 0 Å². The monoisotopic (exact) mass is 369 g/mol. The van der Waals surface area contributed by atoms with Crippen LogP contribution in [0.2, 0.25) is 0 Å². The minimum atomic E-state index is -0.279. The second-order valence-corrected chi connectivity index (χ2v) is 6.31. The van der Waals surface area contributed by atoms with Crippen molar-refractivity contribution in [2.24, 2.45) is 0 Å². The molecular formula is C19H20FN5O2. The molecule has 3 aromatic rings. The molecule has 1 unspecified atom stereocenters. The number of ether oxygens (including phenoxy) is 2. The van der Waals surface area contributed by atoms with E-state index < -0.39 is 0 Å². The third-order valence-corrected chi connectivity index (χ3v) is 4.83. The van der Waals surface area contributed by atoms with E-state index in [0.717, 1.165) is 5.56 Å². The second kappa shape index (κ2) is 7.32. The number of nitrogens with zero attached hydrogens (tertiary/aromatic N) is 5. The zero-order chi connectivity index (χ0) is 18.8. The first-order valence-corrected chi connectivity index (χ1v) is 8.67. The van der Waals surface area contributed by atoms with Gasteiger partial charge in [-0.2, -0.15) is 0 Å². The van der Waals surface area contributed by atoms with Crippen LogP contribution < -0.4 is 9.47 Å². The molecule has 0 fully saturated rings. The van der Waals surface area contributed by atoms with Crippen molar-refractivity contribution in [2.45, 2.75) is 19.1 Å². The zero-order valence-electron chi connectivity index (χ0n) is 15.2. The SMILES string of the molecule is COc1cccc(C2c3nnnn3CCN2Cc2ccccc2F)c1OC. The summed E-state index contributed by atoms with van der Waals surface area (Å²) in [5, 5.41) is 12.1. The van der Waals surface area contributed by atoms with Crippen LogP contribution in [0.3, 0.4) is 0 Å². The first-order chi connectivity index (χ1) is 13.2. The van der Waals surface area contributed by atoms with Gasteiger partial charge in [-0.3, -0.25) is 4.90 Å². The molecule has 8 heteroatoms. The van der Waals surface area contributed by atoms with Crippen molar-refractivity contribution in [3.8, 4) is 11.5 Å². The lowest BCUT2D eigenvalue weighted by atomic mass is 10.00. The van der Waals surface area contributed by atoms with Crippen molar-refractivity contribution in [2.75, 3.05) is 20.8 Å². The highest BCUT2D eigenvalue weighted by atomic mass is 19.1. The van der Waals surface area contributed by atoms with Crippen molar-refractivity contribution < 1.29 is 13.9 Å². The van der Waals surface area contributed by atoms with Crippen molar-refractivity contribution in [1.29, 1.82) is 0 Å². The van der Waals surface area contributed by atoms with Gasteiger partial charge in [-0.1, -0.05) is 30.3 Å². The van der Waals surface area contributed by atoms with Crippen LogP contribution in [0.1, 0.15) is 23.0 Å². The quantitative estimate of drug-likeness (QED) is 0.688. The highest BCUT2D eigenvalue weighted by Crippen LogP contribution is 2.41. The molecule has 0 amide bonds. The maximum Gasteiger partial charge on any atom is 0.173 e. The lowest BCUT2D eigenvalue weighted by Gasteiger charge is -2.35. The highest BCUT2D eigenvalue weighted by molar-refractivity contribution is 5.49. The molecule has 27 heavy (non-hydrogen) atoms. The van der Waals surface area contributed by atoms with Crippen LogP contribution >= 0.6 is 0 Å². The van der Waals surface area contributed by atoms with Gasteiger partial charge in [-0.15, -0.1) is 5.10 Å². The molecule has 1 aliphatic rings. The Kier molecular flexibility index (Phi) is 4.72. The topological polar surface area (TPSA) is 65.3 Å². The zero-order valence-corrected chi connectivity index (χ0v) is 15.2. The summed E-state index contributed by atoms with van der Waals surface area (Å²) in [4.78, 5) is 2.15. The lowest BCUT2D eigenvalue weighted by Crippen LogP contribution is -2.39. The minimum absolute atomic E-state index is 0.223. The molecule has 0 N–H and O–H groups in total. The van der Waals surface area contributed by atoms with Gasteiger partial charge in [0.05, 0.1) is 20.8 Å². The highest BCUT2D eigenvalue weighted by Gasteiger charge is 2.34. The summed E-state index contributed by atoms with van der Waals surface area (Å²) in [6, 6.07) is 12.2. The van der Waals surface area contributed by atoms with E-state index in [9.17, 15) is 4.39 Å². The van der Waals surface area contributed by atoms with Crippen molar-refractivity contribution >= 4 is 0 Å². The van der Waals surface area contributed by atoms with Gasteiger partial charge < -0.3 is 9.47 Å². The molecule has 0 radical (unpaired) electrons. The van der Waals surface area contributed by atoms with E-state index in [0.29, 0.717) is 42.5 Å². The predicted octanol–water partition coefficient (Wildman–Crippen LogP) is 2.43. The minimum Gasteiger partial charge on any atom is -0.493 e. The first-order valence-electron chi connectivity index (χ1n) is 8.67. The number of rotatable bonds is 5. The summed E-state index contributed by atoms with van der Waals surface area (Å²) in [7, 11) is 3.21. The fraction of sp³-hybridized carbons (Fsp3) is 0.316. The second-order valence-electron chi connectivity index (χ2n) is 6.31. The van der Waals surface area contributed by atoms with E-state index in [1.165, 1.54) is 6.07 Å². The average molecular weight is 369 g/mol. The van der Waals surface area contributed by atoms with Crippen LogP contribution in [0.25, 0.3) is 0 Å². The van der Waals surface area contributed by atoms with Crippen LogP contribution in [0.5, 0.6) is 11.5 Å². The molecule has 7 nitrogen and oxygen atoms in total. The Morgan fingerprint density at radius 1 is 1.07 bits per heavy atom. The summed E-state index contributed by atoms with van der Waals surface area (Å²) < 4.78 is 27.1. The van der Waals surface area contributed by atoms with Gasteiger partial charge in [0.25, 0.3) is 0 Å². The average Bonchev–Trinajstić information content (AvgIpc) is 3.17. The van der Waals surface area contributed by atoms with Gasteiger partial charge >= 0.3 is 0 Å². The maximum atomic E-state index is 14.3. The molecule has 1 aromatic heterocycles. The lowest BCUT2D eigenvalue weighted by molar-refractivity contribution is 0.159. The third kappa shape index (κ3) is 3.12. The first kappa shape index (κ1) is 17.4. The van der Waals surface area contributed by atoms with E-state index in [-0.39, 0.29) is 11.9 Å². The van der Waals surface area contributed by atoms with Gasteiger partial charge in [-0.25, -0.2) is 9.07 Å². The molecule has 140 valence electrons. The Morgan fingerprint density at radius 2 is 1.93 bits per heavy atom. The molecule has 2 heterocycles. The molecule has 1 atom stereocenters. The number of para-hydroxylation sites is 1.